The van der Waals surface area contributed by atoms with Crippen LogP contribution in [0.4, 0.5) is 0 Å². The van der Waals surface area contributed by atoms with Crippen molar-refractivity contribution < 1.29 is 24.5 Å². The van der Waals surface area contributed by atoms with Crippen LogP contribution in [0.15, 0.2) is 12.2 Å². The molecule has 332 valence electrons. The Morgan fingerprint density at radius 1 is 0.500 bits per heavy atom. The van der Waals surface area contributed by atoms with E-state index < -0.39 is 18.2 Å². The molecule has 6 heteroatoms. The first-order valence-corrected chi connectivity index (χ1v) is 24.9. The molecule has 0 saturated carbocycles. The van der Waals surface area contributed by atoms with Gasteiger partial charge in [0.05, 0.1) is 25.2 Å². The number of carbonyl (C=O) groups is 2. The fourth-order valence-corrected chi connectivity index (χ4v) is 7.78. The Bertz CT molecular complexity index is 847. The maximum Gasteiger partial charge on any atom is 0.306 e. The van der Waals surface area contributed by atoms with Gasteiger partial charge in [0.15, 0.2) is 0 Å². The third kappa shape index (κ3) is 39.4. The van der Waals surface area contributed by atoms with Crippen molar-refractivity contribution >= 4 is 11.9 Å². The Morgan fingerprint density at radius 2 is 0.857 bits per heavy atom. The number of aliphatic hydroxyl groups is 2. The standard InChI is InChI=1S/C50H97NO5/c1-4-7-10-13-16-19-22-25-28-31-34-37-40-43-50(55)56-46(41-38-35-32-29-26-23-20-17-14-11-8-5-2)44-49(54)51-47(45-52)48(53)42-39-36-33-30-27-24-21-18-15-12-9-6-3/h25,28,46-48,52-53H,4-24,26-27,29-45H2,1-3H3,(H,51,54)/b28-25-. The van der Waals surface area contributed by atoms with Gasteiger partial charge >= 0.3 is 5.97 Å². The molecule has 1 amide bonds. The molecule has 0 aromatic heterocycles. The van der Waals surface area contributed by atoms with Crippen LogP contribution in [0.5, 0.6) is 0 Å². The number of carbonyl (C=O) groups excluding carboxylic acids is 2. The normalized spacial score (nSPS) is 13.3. The third-order valence-electron chi connectivity index (χ3n) is 11.6. The summed E-state index contributed by atoms with van der Waals surface area (Å²) in [4.78, 5) is 26.0. The number of ether oxygens (including phenoxy) is 1. The largest absolute Gasteiger partial charge is 0.462 e. The fraction of sp³-hybridized carbons (Fsp3) is 0.920. The monoisotopic (exact) mass is 792 g/mol. The van der Waals surface area contributed by atoms with Crippen LogP contribution in [-0.2, 0) is 14.3 Å². The van der Waals surface area contributed by atoms with Gasteiger partial charge in [0.25, 0.3) is 0 Å². The predicted octanol–water partition coefficient (Wildman–Crippen LogP) is 14.6. The van der Waals surface area contributed by atoms with E-state index in [0.29, 0.717) is 19.3 Å². The molecule has 0 spiro atoms. The number of unbranched alkanes of at least 4 members (excludes halogenated alkanes) is 31. The highest BCUT2D eigenvalue weighted by Gasteiger charge is 2.24. The second-order valence-electron chi connectivity index (χ2n) is 17.2. The van der Waals surface area contributed by atoms with Crippen LogP contribution in [0.3, 0.4) is 0 Å². The Labute approximate surface area is 349 Å². The van der Waals surface area contributed by atoms with E-state index in [2.05, 4.69) is 38.2 Å². The zero-order valence-electron chi connectivity index (χ0n) is 37.8. The highest BCUT2D eigenvalue weighted by atomic mass is 16.5. The highest BCUT2D eigenvalue weighted by molar-refractivity contribution is 5.77. The van der Waals surface area contributed by atoms with Crippen molar-refractivity contribution in [2.75, 3.05) is 6.61 Å². The number of allylic oxidation sites excluding steroid dienone is 2. The lowest BCUT2D eigenvalue weighted by Crippen LogP contribution is -2.46. The molecular weight excluding hydrogens is 695 g/mol. The van der Waals surface area contributed by atoms with Crippen LogP contribution in [-0.4, -0.2) is 46.9 Å². The Kier molecular flexibility index (Phi) is 43.6. The van der Waals surface area contributed by atoms with Gasteiger partial charge in [-0.2, -0.15) is 0 Å². The molecule has 0 aromatic rings. The number of amides is 1. The van der Waals surface area contributed by atoms with E-state index in [1.54, 1.807) is 0 Å². The van der Waals surface area contributed by atoms with E-state index in [-0.39, 0.29) is 24.9 Å². The molecule has 0 heterocycles. The van der Waals surface area contributed by atoms with Crippen LogP contribution in [0.2, 0.25) is 0 Å². The minimum atomic E-state index is -0.783. The van der Waals surface area contributed by atoms with Crippen LogP contribution >= 0.6 is 0 Å². The lowest BCUT2D eigenvalue weighted by Gasteiger charge is -2.24. The summed E-state index contributed by atoms with van der Waals surface area (Å²) < 4.78 is 5.91. The summed E-state index contributed by atoms with van der Waals surface area (Å²) in [5, 5.41) is 23.7. The molecule has 6 nitrogen and oxygen atoms in total. The second-order valence-corrected chi connectivity index (χ2v) is 17.2. The van der Waals surface area contributed by atoms with Crippen molar-refractivity contribution in [2.45, 2.75) is 289 Å². The van der Waals surface area contributed by atoms with Crippen molar-refractivity contribution in [1.29, 1.82) is 0 Å². The first-order chi connectivity index (χ1) is 27.5. The van der Waals surface area contributed by atoms with Crippen molar-refractivity contribution in [3.8, 4) is 0 Å². The number of hydrogen-bond donors (Lipinski definition) is 3. The van der Waals surface area contributed by atoms with Gasteiger partial charge in [-0.3, -0.25) is 9.59 Å². The third-order valence-corrected chi connectivity index (χ3v) is 11.6. The quantitative estimate of drug-likeness (QED) is 0.0324. The molecular formula is C50H97NO5. The number of rotatable bonds is 45. The van der Waals surface area contributed by atoms with E-state index in [9.17, 15) is 19.8 Å². The van der Waals surface area contributed by atoms with Gasteiger partial charge in [0, 0.05) is 6.42 Å². The minimum absolute atomic E-state index is 0.0784. The lowest BCUT2D eigenvalue weighted by molar-refractivity contribution is -0.151. The smallest absolute Gasteiger partial charge is 0.306 e. The van der Waals surface area contributed by atoms with E-state index >= 15 is 0 Å². The van der Waals surface area contributed by atoms with E-state index in [1.165, 1.54) is 173 Å². The predicted molar refractivity (Wildman–Crippen MR) is 241 cm³/mol. The summed E-state index contributed by atoms with van der Waals surface area (Å²) in [6, 6.07) is -0.696. The van der Waals surface area contributed by atoms with Crippen molar-refractivity contribution in [3.63, 3.8) is 0 Å². The van der Waals surface area contributed by atoms with Crippen LogP contribution in [0.1, 0.15) is 271 Å². The van der Waals surface area contributed by atoms with Gasteiger partial charge < -0.3 is 20.3 Å². The van der Waals surface area contributed by atoms with Gasteiger partial charge in [-0.05, 0) is 51.4 Å². The van der Waals surface area contributed by atoms with Crippen molar-refractivity contribution in [1.82, 2.24) is 5.32 Å². The molecule has 0 fully saturated rings. The molecule has 3 unspecified atom stereocenters. The lowest BCUT2D eigenvalue weighted by atomic mass is 10.0. The van der Waals surface area contributed by atoms with Gasteiger partial charge in [-0.15, -0.1) is 0 Å². The van der Waals surface area contributed by atoms with Gasteiger partial charge in [0.1, 0.15) is 6.10 Å². The number of esters is 1. The van der Waals surface area contributed by atoms with Crippen LogP contribution in [0, 0.1) is 0 Å². The van der Waals surface area contributed by atoms with Gasteiger partial charge in [-0.1, -0.05) is 219 Å². The molecule has 0 aliphatic carbocycles. The van der Waals surface area contributed by atoms with Crippen molar-refractivity contribution in [3.05, 3.63) is 12.2 Å². The average molecular weight is 792 g/mol. The Balaban J connectivity index is 4.56. The molecule has 0 bridgehead atoms. The van der Waals surface area contributed by atoms with E-state index in [0.717, 1.165) is 51.4 Å². The van der Waals surface area contributed by atoms with Gasteiger partial charge in [-0.25, -0.2) is 0 Å². The highest BCUT2D eigenvalue weighted by Crippen LogP contribution is 2.18. The summed E-state index contributed by atoms with van der Waals surface area (Å²) in [6.07, 6.45) is 48.4. The first-order valence-electron chi connectivity index (χ1n) is 24.9. The Hall–Kier alpha value is -1.40. The molecule has 0 rings (SSSR count). The zero-order valence-corrected chi connectivity index (χ0v) is 37.8. The summed E-state index contributed by atoms with van der Waals surface area (Å²) >= 11 is 0. The van der Waals surface area contributed by atoms with Gasteiger partial charge in [0.2, 0.25) is 5.91 Å². The number of aliphatic hydroxyl groups excluding tert-OH is 2. The molecule has 0 saturated heterocycles. The fourth-order valence-electron chi connectivity index (χ4n) is 7.78. The minimum Gasteiger partial charge on any atom is -0.462 e. The maximum absolute atomic E-state index is 13.2. The van der Waals surface area contributed by atoms with Crippen LogP contribution in [0.25, 0.3) is 0 Å². The summed E-state index contributed by atoms with van der Waals surface area (Å²) in [5.74, 6) is -0.478. The average Bonchev–Trinajstić information content (AvgIpc) is 3.19. The van der Waals surface area contributed by atoms with E-state index in [1.807, 2.05) is 0 Å². The summed E-state index contributed by atoms with van der Waals surface area (Å²) in [5.41, 5.74) is 0. The molecule has 0 aromatic carbocycles. The zero-order chi connectivity index (χ0) is 41.0. The summed E-state index contributed by atoms with van der Waals surface area (Å²) in [6.45, 7) is 6.48. The summed E-state index contributed by atoms with van der Waals surface area (Å²) in [7, 11) is 0. The Morgan fingerprint density at radius 3 is 1.27 bits per heavy atom. The second kappa shape index (κ2) is 44.7. The molecule has 3 atom stereocenters. The van der Waals surface area contributed by atoms with E-state index in [4.69, 9.17) is 4.74 Å². The molecule has 3 N–H and O–H groups in total. The molecule has 0 aliphatic heterocycles. The topological polar surface area (TPSA) is 95.9 Å². The molecule has 56 heavy (non-hydrogen) atoms. The van der Waals surface area contributed by atoms with Crippen LogP contribution < -0.4 is 5.32 Å². The SMILES string of the molecule is CCCCCCCC/C=C\CCCCCC(=O)OC(CCCCCCCCCCCCCC)CC(=O)NC(CO)C(O)CCCCCCCCCCCCCC. The molecule has 0 radical (unpaired) electrons. The van der Waals surface area contributed by atoms with Crippen molar-refractivity contribution in [2.24, 2.45) is 0 Å². The molecule has 0 aliphatic rings. The number of hydrogen-bond acceptors (Lipinski definition) is 5. The number of nitrogens with one attached hydrogen (secondary N) is 1. The first kappa shape index (κ1) is 54.6. The maximum atomic E-state index is 13.2.